The highest BCUT2D eigenvalue weighted by Gasteiger charge is 2.58. The molecule has 0 aliphatic heterocycles. The second-order valence-electron chi connectivity index (χ2n) is 13.9. The van der Waals surface area contributed by atoms with Gasteiger partial charge in [0.05, 0.1) is 0 Å². The lowest BCUT2D eigenvalue weighted by molar-refractivity contribution is -0.0538. The van der Waals surface area contributed by atoms with Crippen LogP contribution in [0.5, 0.6) is 5.75 Å². The van der Waals surface area contributed by atoms with Crippen LogP contribution in [-0.2, 0) is 11.2 Å². The maximum Gasteiger partial charge on any atom is 0.514 e. The van der Waals surface area contributed by atoms with Crippen molar-refractivity contribution in [3.8, 4) is 5.75 Å². The Kier molecular flexibility index (Phi) is 9.14. The SMILES string of the molecule is CCCCCCCC[C@@H]1CC[C@H]2[C@H]3CC=C4C[C@@H](OC(=O)Oc5ccccc5CC)CC[C@]4(C)[C@H]3CC[C@]12C. The normalized spacial score (nSPS) is 35.4. The van der Waals surface area contributed by atoms with E-state index in [4.69, 9.17) is 9.47 Å². The van der Waals surface area contributed by atoms with E-state index in [1.54, 1.807) is 5.57 Å². The van der Waals surface area contributed by atoms with Crippen molar-refractivity contribution < 1.29 is 14.3 Å². The van der Waals surface area contributed by atoms with Crippen LogP contribution in [0.3, 0.4) is 0 Å². The van der Waals surface area contributed by atoms with Gasteiger partial charge < -0.3 is 9.47 Å². The van der Waals surface area contributed by atoms with Gasteiger partial charge in [-0.05, 0) is 104 Å². The molecule has 0 spiro atoms. The number of fused-ring (bicyclic) bond motifs is 5. The summed E-state index contributed by atoms with van der Waals surface area (Å²) in [5.74, 6) is 4.12. The highest BCUT2D eigenvalue weighted by molar-refractivity contribution is 5.64. The molecule has 1 aromatic carbocycles. The summed E-state index contributed by atoms with van der Waals surface area (Å²) in [6.07, 6.45) is 22.7. The number of allylic oxidation sites excluding steroid dienone is 1. The van der Waals surface area contributed by atoms with Crippen LogP contribution in [0.25, 0.3) is 0 Å². The van der Waals surface area contributed by atoms with Gasteiger partial charge in [0.25, 0.3) is 0 Å². The van der Waals surface area contributed by atoms with Gasteiger partial charge in [0, 0.05) is 6.42 Å². The van der Waals surface area contributed by atoms with Gasteiger partial charge in [0.1, 0.15) is 11.9 Å². The molecule has 4 aliphatic rings. The van der Waals surface area contributed by atoms with Crippen LogP contribution in [0.1, 0.15) is 130 Å². The van der Waals surface area contributed by atoms with Gasteiger partial charge in [-0.15, -0.1) is 0 Å². The van der Waals surface area contributed by atoms with E-state index in [0.717, 1.165) is 54.9 Å². The Morgan fingerprint density at radius 2 is 1.72 bits per heavy atom. The Morgan fingerprint density at radius 3 is 2.54 bits per heavy atom. The van der Waals surface area contributed by atoms with E-state index in [-0.39, 0.29) is 11.5 Å². The fraction of sp³-hybridized carbons (Fsp3) is 0.750. The molecule has 0 aromatic heterocycles. The Hall–Kier alpha value is -1.77. The molecular weight excluding hydrogens is 480 g/mol. The Bertz CT molecular complexity index is 1010. The first-order valence-corrected chi connectivity index (χ1v) is 16.5. The smallest absolute Gasteiger partial charge is 0.430 e. The van der Waals surface area contributed by atoms with Gasteiger partial charge in [0.15, 0.2) is 0 Å². The van der Waals surface area contributed by atoms with Crippen LogP contribution in [0.15, 0.2) is 35.9 Å². The van der Waals surface area contributed by atoms with E-state index in [0.29, 0.717) is 11.2 Å². The number of hydrogen-bond donors (Lipinski definition) is 0. The Labute approximate surface area is 238 Å². The monoisotopic (exact) mass is 534 g/mol. The van der Waals surface area contributed by atoms with Crippen LogP contribution in [0, 0.1) is 34.5 Å². The number of ether oxygens (including phenoxy) is 2. The van der Waals surface area contributed by atoms with Crippen molar-refractivity contribution in [2.75, 3.05) is 0 Å². The third-order valence-corrected chi connectivity index (χ3v) is 12.0. The number of carbonyl (C=O) groups is 1. The predicted octanol–water partition coefficient (Wildman–Crippen LogP) is 10.5. The van der Waals surface area contributed by atoms with Crippen molar-refractivity contribution in [2.24, 2.45) is 34.5 Å². The van der Waals surface area contributed by atoms with Crippen molar-refractivity contribution >= 4 is 6.16 Å². The van der Waals surface area contributed by atoms with Gasteiger partial charge in [-0.25, -0.2) is 4.79 Å². The molecule has 5 rings (SSSR count). The minimum absolute atomic E-state index is 0.0655. The summed E-state index contributed by atoms with van der Waals surface area (Å²) in [7, 11) is 0. The molecule has 0 amide bonds. The molecule has 0 N–H and O–H groups in total. The summed E-state index contributed by atoms with van der Waals surface area (Å²) >= 11 is 0. The minimum Gasteiger partial charge on any atom is -0.430 e. The number of para-hydroxylation sites is 1. The molecule has 0 radical (unpaired) electrons. The fourth-order valence-electron chi connectivity index (χ4n) is 9.63. The molecule has 3 fully saturated rings. The summed E-state index contributed by atoms with van der Waals surface area (Å²) in [6.45, 7) is 9.61. The number of carbonyl (C=O) groups excluding carboxylic acids is 1. The summed E-state index contributed by atoms with van der Waals surface area (Å²) in [5, 5.41) is 0. The lowest BCUT2D eigenvalue weighted by atomic mass is 9.47. The average molecular weight is 535 g/mol. The molecule has 3 nitrogen and oxygen atoms in total. The van der Waals surface area contributed by atoms with E-state index in [1.165, 1.54) is 77.0 Å². The maximum absolute atomic E-state index is 12.7. The van der Waals surface area contributed by atoms with Gasteiger partial charge in [-0.2, -0.15) is 0 Å². The summed E-state index contributed by atoms with van der Waals surface area (Å²) in [5.41, 5.74) is 3.44. The number of unbranched alkanes of at least 4 members (excludes halogenated alkanes) is 5. The van der Waals surface area contributed by atoms with Crippen molar-refractivity contribution in [3.63, 3.8) is 0 Å². The number of aryl methyl sites for hydroxylation is 1. The molecule has 3 heteroatoms. The third-order valence-electron chi connectivity index (χ3n) is 12.0. The van der Waals surface area contributed by atoms with Crippen molar-refractivity contribution in [3.05, 3.63) is 41.5 Å². The lowest BCUT2D eigenvalue weighted by Gasteiger charge is -2.58. The molecule has 0 saturated heterocycles. The average Bonchev–Trinajstić information content (AvgIpc) is 3.27. The van der Waals surface area contributed by atoms with Crippen LogP contribution >= 0.6 is 0 Å². The van der Waals surface area contributed by atoms with Crippen molar-refractivity contribution in [1.82, 2.24) is 0 Å². The zero-order valence-electron chi connectivity index (χ0n) is 25.3. The molecule has 7 atom stereocenters. The maximum atomic E-state index is 12.7. The lowest BCUT2D eigenvalue weighted by Crippen LogP contribution is -2.50. The van der Waals surface area contributed by atoms with Crippen LogP contribution in [-0.4, -0.2) is 12.3 Å². The summed E-state index contributed by atoms with van der Waals surface area (Å²) in [6, 6.07) is 7.76. The zero-order chi connectivity index (χ0) is 27.5. The van der Waals surface area contributed by atoms with E-state index >= 15 is 0 Å². The van der Waals surface area contributed by atoms with Gasteiger partial charge >= 0.3 is 6.16 Å². The zero-order valence-corrected chi connectivity index (χ0v) is 25.3. The first kappa shape index (κ1) is 28.7. The first-order chi connectivity index (χ1) is 18.9. The minimum atomic E-state index is -0.547. The van der Waals surface area contributed by atoms with E-state index in [1.807, 2.05) is 24.3 Å². The molecule has 0 unspecified atom stereocenters. The van der Waals surface area contributed by atoms with E-state index in [2.05, 4.69) is 33.8 Å². The number of rotatable bonds is 10. The molecule has 3 saturated carbocycles. The second kappa shape index (κ2) is 12.4. The van der Waals surface area contributed by atoms with Gasteiger partial charge in [-0.3, -0.25) is 0 Å². The van der Waals surface area contributed by atoms with Gasteiger partial charge in [0.2, 0.25) is 0 Å². The molecule has 39 heavy (non-hydrogen) atoms. The van der Waals surface area contributed by atoms with Crippen LogP contribution < -0.4 is 4.74 Å². The predicted molar refractivity (Wildman–Crippen MR) is 160 cm³/mol. The highest BCUT2D eigenvalue weighted by atomic mass is 16.7. The largest absolute Gasteiger partial charge is 0.514 e. The second-order valence-corrected chi connectivity index (χ2v) is 13.9. The molecule has 0 heterocycles. The molecule has 4 aliphatic carbocycles. The fourth-order valence-corrected chi connectivity index (χ4v) is 9.63. The molecular formula is C36H54O3. The summed E-state index contributed by atoms with van der Waals surface area (Å²) in [4.78, 5) is 12.7. The van der Waals surface area contributed by atoms with Crippen molar-refractivity contribution in [1.29, 1.82) is 0 Å². The first-order valence-electron chi connectivity index (χ1n) is 16.5. The van der Waals surface area contributed by atoms with Crippen molar-refractivity contribution in [2.45, 2.75) is 137 Å². The summed E-state index contributed by atoms with van der Waals surface area (Å²) < 4.78 is 11.5. The van der Waals surface area contributed by atoms with Gasteiger partial charge in [-0.1, -0.05) is 96.1 Å². The Morgan fingerprint density at radius 1 is 0.923 bits per heavy atom. The molecule has 1 aromatic rings. The number of hydrogen-bond acceptors (Lipinski definition) is 3. The molecule has 0 bridgehead atoms. The standard InChI is InChI=1S/C36H54O3/c1-5-7-8-9-10-11-15-27-18-20-31-30-19-17-28-25-29(21-23-36(28,4)32(30)22-24-35(27,31)3)38-34(37)39-33-16-13-12-14-26(33)6-2/h12-14,16-17,27,29-32H,5-11,15,18-25H2,1-4H3/t27-,29+,30-,31+,32+,35-,36+/m1/s1. The topological polar surface area (TPSA) is 35.5 Å². The highest BCUT2D eigenvalue weighted by Crippen LogP contribution is 2.66. The third kappa shape index (κ3) is 5.84. The van der Waals surface area contributed by atoms with Crippen LogP contribution in [0.2, 0.25) is 0 Å². The van der Waals surface area contributed by atoms with E-state index in [9.17, 15) is 4.79 Å². The van der Waals surface area contributed by atoms with E-state index < -0.39 is 6.16 Å². The Balaban J connectivity index is 1.18. The number of benzene rings is 1. The quantitative estimate of drug-likeness (QED) is 0.130. The van der Waals surface area contributed by atoms with Crippen LogP contribution in [0.4, 0.5) is 4.79 Å². The molecule has 216 valence electrons.